The van der Waals surface area contributed by atoms with Gasteiger partial charge in [-0.1, -0.05) is 26.8 Å². The molecule has 0 fully saturated rings. The second-order valence-corrected chi connectivity index (χ2v) is 7.23. The molecule has 0 radical (unpaired) electrons. The molecule has 2 rings (SSSR count). The Balaban J connectivity index is 2.47. The van der Waals surface area contributed by atoms with Crippen molar-refractivity contribution in [3.63, 3.8) is 0 Å². The minimum absolute atomic E-state index is 0.528. The molecule has 0 bridgehead atoms. The molecule has 0 aliphatic heterocycles. The van der Waals surface area contributed by atoms with Crippen molar-refractivity contribution in [1.82, 2.24) is 9.97 Å². The summed E-state index contributed by atoms with van der Waals surface area (Å²) in [7, 11) is 0. The van der Waals surface area contributed by atoms with E-state index in [0.717, 1.165) is 39.7 Å². The predicted octanol–water partition coefficient (Wildman–Crippen LogP) is 4.87. The summed E-state index contributed by atoms with van der Waals surface area (Å²) in [5.41, 5.74) is 5.68. The smallest absolute Gasteiger partial charge is 0.0893 e. The third-order valence-corrected chi connectivity index (χ3v) is 4.68. The van der Waals surface area contributed by atoms with E-state index in [0.29, 0.717) is 5.92 Å². The maximum atomic E-state index is 4.88. The molecule has 0 saturated carbocycles. The minimum atomic E-state index is 0.528. The fraction of sp³-hybridized carbons (Fsp3) is 0.500. The first-order valence-electron chi connectivity index (χ1n) is 7.01. The molecule has 0 aliphatic carbocycles. The van der Waals surface area contributed by atoms with Crippen molar-refractivity contribution in [2.24, 2.45) is 0 Å². The molecule has 0 saturated heterocycles. The molecule has 0 amide bonds. The lowest BCUT2D eigenvalue weighted by molar-refractivity contribution is 0.867. The molecule has 2 nitrogen and oxygen atoms in total. The van der Waals surface area contributed by atoms with Crippen LogP contribution in [0.15, 0.2) is 18.2 Å². The van der Waals surface area contributed by atoms with Crippen LogP contribution in [0.1, 0.15) is 43.6 Å². The number of benzene rings is 1. The van der Waals surface area contributed by atoms with Crippen LogP contribution >= 0.6 is 23.5 Å². The second-order valence-electron chi connectivity index (χ2n) is 5.09. The first-order chi connectivity index (χ1) is 9.65. The second kappa shape index (κ2) is 7.32. The van der Waals surface area contributed by atoms with Crippen molar-refractivity contribution in [3.8, 4) is 0 Å². The van der Waals surface area contributed by atoms with Crippen molar-refractivity contribution in [1.29, 1.82) is 0 Å². The van der Waals surface area contributed by atoms with Crippen LogP contribution in [-0.2, 0) is 11.5 Å². The average Bonchev–Trinajstić information content (AvgIpc) is 2.44. The molecule has 0 spiro atoms. The molecule has 0 aliphatic rings. The van der Waals surface area contributed by atoms with Gasteiger partial charge in [-0.3, -0.25) is 0 Å². The Morgan fingerprint density at radius 3 is 2.40 bits per heavy atom. The summed E-state index contributed by atoms with van der Waals surface area (Å²) in [5, 5.41) is 0. The molecule has 2 aromatic rings. The van der Waals surface area contributed by atoms with E-state index in [1.54, 1.807) is 0 Å². The summed E-state index contributed by atoms with van der Waals surface area (Å²) in [5.74, 6) is 3.54. The number of thioether (sulfide) groups is 2. The molecule has 1 heterocycles. The van der Waals surface area contributed by atoms with Crippen LogP contribution in [0, 0.1) is 0 Å². The topological polar surface area (TPSA) is 25.8 Å². The average molecular weight is 307 g/mol. The van der Waals surface area contributed by atoms with E-state index in [-0.39, 0.29) is 0 Å². The highest BCUT2D eigenvalue weighted by atomic mass is 32.2. The summed E-state index contributed by atoms with van der Waals surface area (Å²) in [6.07, 6.45) is 2.12. The lowest BCUT2D eigenvalue weighted by Gasteiger charge is -2.11. The maximum Gasteiger partial charge on any atom is 0.0893 e. The summed E-state index contributed by atoms with van der Waals surface area (Å²) in [6.45, 7) is 6.61. The van der Waals surface area contributed by atoms with Crippen LogP contribution < -0.4 is 0 Å². The molecule has 108 valence electrons. The lowest BCUT2D eigenvalue weighted by Crippen LogP contribution is -2.01. The van der Waals surface area contributed by atoms with E-state index in [1.807, 2.05) is 23.5 Å². The Morgan fingerprint density at radius 1 is 1.05 bits per heavy atom. The van der Waals surface area contributed by atoms with Gasteiger partial charge >= 0.3 is 0 Å². The van der Waals surface area contributed by atoms with Gasteiger partial charge < -0.3 is 0 Å². The molecule has 0 atom stereocenters. The first-order valence-corrected chi connectivity index (χ1v) is 9.56. The van der Waals surface area contributed by atoms with Crippen molar-refractivity contribution in [2.45, 2.75) is 38.2 Å². The summed E-state index contributed by atoms with van der Waals surface area (Å²) >= 11 is 3.72. The lowest BCUT2D eigenvalue weighted by atomic mass is 10.0. The molecule has 0 unspecified atom stereocenters. The van der Waals surface area contributed by atoms with Gasteiger partial charge in [-0.2, -0.15) is 23.5 Å². The summed E-state index contributed by atoms with van der Waals surface area (Å²) in [4.78, 5) is 9.70. The quantitative estimate of drug-likeness (QED) is 0.760. The van der Waals surface area contributed by atoms with Gasteiger partial charge in [-0.15, -0.1) is 0 Å². The van der Waals surface area contributed by atoms with Gasteiger partial charge in [-0.25, -0.2) is 9.97 Å². The largest absolute Gasteiger partial charge is 0.248 e. The van der Waals surface area contributed by atoms with Gasteiger partial charge in [0.1, 0.15) is 0 Å². The van der Waals surface area contributed by atoms with Gasteiger partial charge in [0.05, 0.1) is 22.4 Å². The third-order valence-electron chi connectivity index (χ3n) is 3.23. The highest BCUT2D eigenvalue weighted by molar-refractivity contribution is 7.98. The maximum absolute atomic E-state index is 4.88. The van der Waals surface area contributed by atoms with E-state index in [1.165, 1.54) is 5.56 Å². The van der Waals surface area contributed by atoms with Crippen LogP contribution in [0.5, 0.6) is 0 Å². The first kappa shape index (κ1) is 15.6. The van der Waals surface area contributed by atoms with Crippen molar-refractivity contribution in [2.75, 3.05) is 12.0 Å². The van der Waals surface area contributed by atoms with Crippen LogP contribution in [0.4, 0.5) is 0 Å². The summed E-state index contributed by atoms with van der Waals surface area (Å²) in [6, 6.07) is 6.47. The van der Waals surface area contributed by atoms with Gasteiger partial charge in [-0.05, 0) is 35.6 Å². The van der Waals surface area contributed by atoms with E-state index >= 15 is 0 Å². The Kier molecular flexibility index (Phi) is 5.73. The molecular formula is C16H22N2S2. The van der Waals surface area contributed by atoms with E-state index < -0.39 is 0 Å². The van der Waals surface area contributed by atoms with Crippen molar-refractivity contribution >= 4 is 34.6 Å². The predicted molar refractivity (Wildman–Crippen MR) is 92.7 cm³/mol. The van der Waals surface area contributed by atoms with Gasteiger partial charge in [0.25, 0.3) is 0 Å². The Labute approximate surface area is 130 Å². The SMILES string of the molecule is CCSCc1nc2cc(C(C)C)ccc2nc1CSC. The molecule has 4 heteroatoms. The minimum Gasteiger partial charge on any atom is -0.248 e. The molecule has 1 aromatic heterocycles. The van der Waals surface area contributed by atoms with Gasteiger partial charge in [0, 0.05) is 11.5 Å². The standard InChI is InChI=1S/C16H22N2S2/c1-5-20-10-16-15(9-19-4)17-13-7-6-12(11(2)3)8-14(13)18-16/h6-8,11H,5,9-10H2,1-4H3. The monoisotopic (exact) mass is 306 g/mol. The number of rotatable bonds is 6. The number of hydrogen-bond acceptors (Lipinski definition) is 4. The van der Waals surface area contributed by atoms with Gasteiger partial charge in [0.15, 0.2) is 0 Å². The fourth-order valence-corrected chi connectivity index (χ4v) is 3.20. The van der Waals surface area contributed by atoms with Crippen LogP contribution in [0.25, 0.3) is 11.0 Å². The summed E-state index contributed by atoms with van der Waals surface area (Å²) < 4.78 is 0. The number of fused-ring (bicyclic) bond motifs is 1. The Bertz CT molecular complexity index is 582. The zero-order valence-electron chi connectivity index (χ0n) is 12.6. The molecular weight excluding hydrogens is 284 g/mol. The number of hydrogen-bond donors (Lipinski definition) is 0. The molecule has 1 aromatic carbocycles. The zero-order valence-corrected chi connectivity index (χ0v) is 14.3. The normalized spacial score (nSPS) is 11.4. The van der Waals surface area contributed by atoms with Crippen LogP contribution in [0.3, 0.4) is 0 Å². The van der Waals surface area contributed by atoms with E-state index in [2.05, 4.69) is 45.2 Å². The zero-order chi connectivity index (χ0) is 14.5. The van der Waals surface area contributed by atoms with E-state index in [4.69, 9.17) is 9.97 Å². The molecule has 0 N–H and O–H groups in total. The fourth-order valence-electron chi connectivity index (χ4n) is 2.07. The highest BCUT2D eigenvalue weighted by Crippen LogP contribution is 2.23. The Hall–Kier alpha value is -0.740. The molecule has 20 heavy (non-hydrogen) atoms. The van der Waals surface area contributed by atoms with Gasteiger partial charge in [0.2, 0.25) is 0 Å². The van der Waals surface area contributed by atoms with Crippen LogP contribution in [0.2, 0.25) is 0 Å². The number of nitrogens with zero attached hydrogens (tertiary/aromatic N) is 2. The van der Waals surface area contributed by atoms with Crippen molar-refractivity contribution < 1.29 is 0 Å². The van der Waals surface area contributed by atoms with Crippen molar-refractivity contribution in [3.05, 3.63) is 35.2 Å². The van der Waals surface area contributed by atoms with E-state index in [9.17, 15) is 0 Å². The van der Waals surface area contributed by atoms with Crippen LogP contribution in [-0.4, -0.2) is 22.0 Å². The highest BCUT2D eigenvalue weighted by Gasteiger charge is 2.10. The number of aromatic nitrogens is 2. The Morgan fingerprint density at radius 2 is 1.75 bits per heavy atom. The third kappa shape index (κ3) is 3.67.